The smallest absolute Gasteiger partial charge is 0.142 e. The maximum atomic E-state index is 5.77. The minimum atomic E-state index is 0.772. The zero-order valence-electron chi connectivity index (χ0n) is 9.64. The van der Waals surface area contributed by atoms with Gasteiger partial charge in [-0.2, -0.15) is 5.10 Å². The fraction of sp³-hybridized carbons (Fsp3) is 0.167. The summed E-state index contributed by atoms with van der Waals surface area (Å²) in [6.45, 7) is 1.98. The molecule has 4 nitrogen and oxygen atoms in total. The molecule has 0 saturated carbocycles. The van der Waals surface area contributed by atoms with Gasteiger partial charge in [-0.25, -0.2) is 4.98 Å². The average Bonchev–Trinajstić information content (AvgIpc) is 2.80. The molecule has 0 fully saturated rings. The number of nitrogens with two attached hydrogens (primary N) is 1. The number of thiazole rings is 1. The molecule has 3 aromatic rings. The van der Waals surface area contributed by atoms with Crippen LogP contribution >= 0.6 is 11.3 Å². The molecule has 1 aromatic carbocycles. The van der Waals surface area contributed by atoms with E-state index in [0.717, 1.165) is 32.3 Å². The van der Waals surface area contributed by atoms with Crippen molar-refractivity contribution in [2.24, 2.45) is 7.05 Å². The first kappa shape index (κ1) is 10.3. The molecule has 86 valence electrons. The third-order valence-corrected chi connectivity index (χ3v) is 3.67. The van der Waals surface area contributed by atoms with Crippen LogP contribution in [0, 0.1) is 6.92 Å². The van der Waals surface area contributed by atoms with E-state index in [0.29, 0.717) is 0 Å². The lowest BCUT2D eigenvalue weighted by atomic mass is 10.3. The first-order valence-corrected chi connectivity index (χ1v) is 6.12. The summed E-state index contributed by atoms with van der Waals surface area (Å²) < 4.78 is 2.97. The zero-order chi connectivity index (χ0) is 12.0. The lowest BCUT2D eigenvalue weighted by molar-refractivity contribution is 0.763. The Balaban J connectivity index is 2.21. The van der Waals surface area contributed by atoms with Gasteiger partial charge in [-0.1, -0.05) is 0 Å². The van der Waals surface area contributed by atoms with E-state index < -0.39 is 0 Å². The van der Waals surface area contributed by atoms with Gasteiger partial charge < -0.3 is 5.73 Å². The number of hydrogen-bond donors (Lipinski definition) is 1. The highest BCUT2D eigenvalue weighted by atomic mass is 32.1. The normalized spacial score (nSPS) is 11.2. The maximum absolute atomic E-state index is 5.77. The van der Waals surface area contributed by atoms with Crippen molar-refractivity contribution in [2.75, 3.05) is 5.73 Å². The number of nitrogens with zero attached hydrogens (tertiary/aromatic N) is 3. The molecule has 3 rings (SSSR count). The number of aromatic nitrogens is 3. The Morgan fingerprint density at radius 1 is 1.29 bits per heavy atom. The summed E-state index contributed by atoms with van der Waals surface area (Å²) in [6, 6.07) is 7.83. The number of nitrogen functional groups attached to an aromatic ring is 1. The van der Waals surface area contributed by atoms with Crippen molar-refractivity contribution in [3.63, 3.8) is 0 Å². The van der Waals surface area contributed by atoms with Gasteiger partial charge in [0.15, 0.2) is 0 Å². The fourth-order valence-electron chi connectivity index (χ4n) is 1.86. The molecule has 2 N–H and O–H groups in total. The highest BCUT2D eigenvalue weighted by Gasteiger charge is 2.10. The number of benzene rings is 1. The van der Waals surface area contributed by atoms with Crippen molar-refractivity contribution in [2.45, 2.75) is 6.92 Å². The van der Waals surface area contributed by atoms with E-state index in [2.05, 4.69) is 10.1 Å². The molecule has 0 bridgehead atoms. The van der Waals surface area contributed by atoms with E-state index >= 15 is 0 Å². The van der Waals surface area contributed by atoms with Crippen LogP contribution in [-0.4, -0.2) is 14.8 Å². The maximum Gasteiger partial charge on any atom is 0.142 e. The number of aryl methyl sites for hydroxylation is 2. The van der Waals surface area contributed by atoms with Crippen molar-refractivity contribution in [3.8, 4) is 10.7 Å². The summed E-state index contributed by atoms with van der Waals surface area (Å²) in [5.74, 6) is 0. The summed E-state index contributed by atoms with van der Waals surface area (Å²) in [5.41, 5.74) is 9.57. The molecule has 0 aliphatic rings. The Kier molecular flexibility index (Phi) is 2.16. The van der Waals surface area contributed by atoms with Crippen LogP contribution in [-0.2, 0) is 7.05 Å². The van der Waals surface area contributed by atoms with Crippen LogP contribution in [0.4, 0.5) is 5.69 Å². The molecule has 0 unspecified atom stereocenters. The van der Waals surface area contributed by atoms with Crippen LogP contribution in [0.3, 0.4) is 0 Å². The van der Waals surface area contributed by atoms with Crippen molar-refractivity contribution >= 4 is 27.2 Å². The number of hydrogen-bond acceptors (Lipinski definition) is 4. The highest BCUT2D eigenvalue weighted by molar-refractivity contribution is 7.21. The Morgan fingerprint density at radius 2 is 2.12 bits per heavy atom. The molecule has 2 aromatic heterocycles. The average molecular weight is 244 g/mol. The lowest BCUT2D eigenvalue weighted by Gasteiger charge is -1.94. The molecule has 0 atom stereocenters. The predicted octanol–water partition coefficient (Wildman–Crippen LogP) is 2.59. The predicted molar refractivity (Wildman–Crippen MR) is 71.0 cm³/mol. The topological polar surface area (TPSA) is 56.7 Å². The standard InChI is InChI=1S/C12H12N4S/c1-7-5-10(16(2)15-7)12-14-9-4-3-8(13)6-11(9)17-12/h3-6H,13H2,1-2H3. The van der Waals surface area contributed by atoms with Crippen molar-refractivity contribution in [3.05, 3.63) is 30.0 Å². The monoisotopic (exact) mass is 244 g/mol. The largest absolute Gasteiger partial charge is 0.399 e. The second-order valence-corrected chi connectivity index (χ2v) is 5.07. The molecule has 2 heterocycles. The van der Waals surface area contributed by atoms with Gasteiger partial charge >= 0.3 is 0 Å². The molecular formula is C12H12N4S. The number of anilines is 1. The molecule has 0 amide bonds. The Hall–Kier alpha value is -1.88. The van der Waals surface area contributed by atoms with Gasteiger partial charge in [0.2, 0.25) is 0 Å². The fourth-order valence-corrected chi connectivity index (χ4v) is 2.92. The summed E-state index contributed by atoms with van der Waals surface area (Å²) in [5, 5.41) is 5.31. The third-order valence-electron chi connectivity index (χ3n) is 2.63. The Morgan fingerprint density at radius 3 is 2.82 bits per heavy atom. The van der Waals surface area contributed by atoms with Crippen LogP contribution in [0.2, 0.25) is 0 Å². The summed E-state index contributed by atoms with van der Waals surface area (Å²) in [4.78, 5) is 4.60. The van der Waals surface area contributed by atoms with Crippen LogP contribution in [0.15, 0.2) is 24.3 Å². The molecule has 5 heteroatoms. The zero-order valence-corrected chi connectivity index (χ0v) is 10.5. The second kappa shape index (κ2) is 3.56. The van der Waals surface area contributed by atoms with Crippen LogP contribution in [0.25, 0.3) is 20.9 Å². The van der Waals surface area contributed by atoms with Gasteiger partial charge in [-0.3, -0.25) is 4.68 Å². The first-order valence-electron chi connectivity index (χ1n) is 5.30. The lowest BCUT2D eigenvalue weighted by Crippen LogP contribution is -1.92. The van der Waals surface area contributed by atoms with E-state index in [-0.39, 0.29) is 0 Å². The molecule has 0 radical (unpaired) electrons. The van der Waals surface area contributed by atoms with Gasteiger partial charge in [0.25, 0.3) is 0 Å². The van der Waals surface area contributed by atoms with E-state index in [1.54, 1.807) is 11.3 Å². The molecule has 17 heavy (non-hydrogen) atoms. The molecule has 0 aliphatic heterocycles. The quantitative estimate of drug-likeness (QED) is 0.669. The summed E-state index contributed by atoms with van der Waals surface area (Å²) >= 11 is 1.64. The van der Waals surface area contributed by atoms with E-state index in [1.165, 1.54) is 0 Å². The van der Waals surface area contributed by atoms with E-state index in [9.17, 15) is 0 Å². The van der Waals surface area contributed by atoms with E-state index in [4.69, 9.17) is 5.73 Å². The Labute approximate surface area is 103 Å². The van der Waals surface area contributed by atoms with Gasteiger partial charge in [-0.05, 0) is 31.2 Å². The molecule has 0 spiro atoms. The second-order valence-electron chi connectivity index (χ2n) is 4.04. The number of rotatable bonds is 1. The van der Waals surface area contributed by atoms with Gasteiger partial charge in [-0.15, -0.1) is 11.3 Å². The van der Waals surface area contributed by atoms with Gasteiger partial charge in [0.05, 0.1) is 21.6 Å². The minimum absolute atomic E-state index is 0.772. The van der Waals surface area contributed by atoms with Crippen molar-refractivity contribution in [1.29, 1.82) is 0 Å². The Bertz CT molecular complexity index is 696. The summed E-state index contributed by atoms with van der Waals surface area (Å²) in [7, 11) is 1.93. The molecular weight excluding hydrogens is 232 g/mol. The van der Waals surface area contributed by atoms with Crippen LogP contribution in [0.1, 0.15) is 5.69 Å². The molecule has 0 saturated heterocycles. The third kappa shape index (κ3) is 1.68. The van der Waals surface area contributed by atoms with Crippen molar-refractivity contribution < 1.29 is 0 Å². The molecule has 0 aliphatic carbocycles. The highest BCUT2D eigenvalue weighted by Crippen LogP contribution is 2.31. The SMILES string of the molecule is Cc1cc(-c2nc3ccc(N)cc3s2)n(C)n1. The first-order chi connectivity index (χ1) is 8.13. The van der Waals surface area contributed by atoms with Crippen molar-refractivity contribution in [1.82, 2.24) is 14.8 Å². The minimum Gasteiger partial charge on any atom is -0.399 e. The van der Waals surface area contributed by atoms with E-state index in [1.807, 2.05) is 42.9 Å². The van der Waals surface area contributed by atoms with Crippen LogP contribution in [0.5, 0.6) is 0 Å². The van der Waals surface area contributed by atoms with Gasteiger partial charge in [0.1, 0.15) is 5.01 Å². The number of fused-ring (bicyclic) bond motifs is 1. The summed E-state index contributed by atoms with van der Waals surface area (Å²) in [6.07, 6.45) is 0. The van der Waals surface area contributed by atoms with Crippen LogP contribution < -0.4 is 5.73 Å². The van der Waals surface area contributed by atoms with Gasteiger partial charge in [0, 0.05) is 12.7 Å².